The molecule has 1 aliphatic heterocycles. The van der Waals surface area contributed by atoms with Crippen LogP contribution in [-0.4, -0.2) is 40.2 Å². The van der Waals surface area contributed by atoms with Crippen LogP contribution in [0.1, 0.15) is 23.0 Å². The Morgan fingerprint density at radius 2 is 1.88 bits per heavy atom. The Kier molecular flexibility index (Phi) is 6.29. The van der Waals surface area contributed by atoms with Crippen LogP contribution in [0.4, 0.5) is 4.79 Å². The van der Waals surface area contributed by atoms with Crippen LogP contribution in [0.3, 0.4) is 0 Å². The second-order valence-corrected chi connectivity index (χ2v) is 9.21. The van der Waals surface area contributed by atoms with Crippen LogP contribution >= 0.6 is 11.3 Å². The zero-order valence-electron chi connectivity index (χ0n) is 14.3. The molecule has 1 atom stereocenters. The van der Waals surface area contributed by atoms with E-state index in [0.717, 1.165) is 12.8 Å². The third-order valence-corrected chi connectivity index (χ3v) is 7.55. The van der Waals surface area contributed by atoms with Gasteiger partial charge in [0.05, 0.1) is 4.90 Å². The standard InChI is InChI=1S/C18H22N2O4S2/c21-18(20-14-8-10-24-11-9-14)19-13-17(16-7-4-12-25-16)26(22,23)15-5-2-1-3-6-15/h1-7,12,14,17H,8-11,13H2,(H2,19,20,21). The van der Waals surface area contributed by atoms with Gasteiger partial charge in [-0.25, -0.2) is 13.2 Å². The van der Waals surface area contributed by atoms with E-state index in [1.807, 2.05) is 11.4 Å². The van der Waals surface area contributed by atoms with Crippen molar-refractivity contribution < 1.29 is 17.9 Å². The number of carbonyl (C=O) groups excluding carboxylic acids is 1. The highest BCUT2D eigenvalue weighted by Gasteiger charge is 2.30. The lowest BCUT2D eigenvalue weighted by Crippen LogP contribution is -2.45. The number of urea groups is 1. The summed E-state index contributed by atoms with van der Waals surface area (Å²) in [5.41, 5.74) is 0. The Bertz CT molecular complexity index is 801. The largest absolute Gasteiger partial charge is 0.381 e. The number of carbonyl (C=O) groups is 1. The van der Waals surface area contributed by atoms with Crippen LogP contribution in [0, 0.1) is 0 Å². The highest BCUT2D eigenvalue weighted by molar-refractivity contribution is 7.91. The van der Waals surface area contributed by atoms with E-state index < -0.39 is 15.1 Å². The van der Waals surface area contributed by atoms with Crippen LogP contribution in [0.15, 0.2) is 52.7 Å². The minimum Gasteiger partial charge on any atom is -0.381 e. The van der Waals surface area contributed by atoms with Crippen molar-refractivity contribution in [3.8, 4) is 0 Å². The molecule has 26 heavy (non-hydrogen) atoms. The van der Waals surface area contributed by atoms with Gasteiger partial charge in [0.2, 0.25) is 0 Å². The monoisotopic (exact) mass is 394 g/mol. The van der Waals surface area contributed by atoms with Crippen LogP contribution in [0.25, 0.3) is 0 Å². The summed E-state index contributed by atoms with van der Waals surface area (Å²) in [4.78, 5) is 13.2. The minimum absolute atomic E-state index is 0.0206. The quantitative estimate of drug-likeness (QED) is 0.789. The Hall–Kier alpha value is -1.90. The molecule has 8 heteroatoms. The van der Waals surface area contributed by atoms with E-state index in [1.165, 1.54) is 11.3 Å². The van der Waals surface area contributed by atoms with E-state index in [-0.39, 0.29) is 23.5 Å². The fourth-order valence-electron chi connectivity index (χ4n) is 2.88. The van der Waals surface area contributed by atoms with Gasteiger partial charge in [-0.2, -0.15) is 0 Å². The van der Waals surface area contributed by atoms with Gasteiger partial charge in [0, 0.05) is 30.7 Å². The fraction of sp³-hybridized carbons (Fsp3) is 0.389. The number of amides is 2. The third-order valence-electron chi connectivity index (χ3n) is 4.31. The first-order chi connectivity index (χ1) is 12.6. The maximum atomic E-state index is 13.1. The van der Waals surface area contributed by atoms with E-state index in [1.54, 1.807) is 36.4 Å². The Morgan fingerprint density at radius 1 is 1.15 bits per heavy atom. The maximum absolute atomic E-state index is 13.1. The van der Waals surface area contributed by atoms with Gasteiger partial charge in [0.1, 0.15) is 5.25 Å². The predicted octanol–water partition coefficient (Wildman–Crippen LogP) is 2.74. The molecular formula is C18H22N2O4S2. The second-order valence-electron chi connectivity index (χ2n) is 6.10. The Morgan fingerprint density at radius 3 is 2.54 bits per heavy atom. The first-order valence-electron chi connectivity index (χ1n) is 8.52. The first kappa shape index (κ1) is 18.9. The first-order valence-corrected chi connectivity index (χ1v) is 10.9. The highest BCUT2D eigenvalue weighted by atomic mass is 32.2. The number of hydrogen-bond donors (Lipinski definition) is 2. The molecule has 0 spiro atoms. The Balaban J connectivity index is 1.70. The second kappa shape index (κ2) is 8.66. The van der Waals surface area contributed by atoms with Crippen molar-refractivity contribution in [1.29, 1.82) is 0 Å². The number of hydrogen-bond acceptors (Lipinski definition) is 5. The van der Waals surface area contributed by atoms with Gasteiger partial charge in [0.25, 0.3) is 0 Å². The number of nitrogens with one attached hydrogen (secondary N) is 2. The zero-order chi connectivity index (χ0) is 18.4. The number of rotatable bonds is 6. The molecule has 1 saturated heterocycles. The number of thiophene rings is 1. The molecule has 1 aromatic carbocycles. The smallest absolute Gasteiger partial charge is 0.315 e. The lowest BCUT2D eigenvalue weighted by molar-refractivity contribution is 0.0801. The lowest BCUT2D eigenvalue weighted by atomic mass is 10.1. The molecule has 1 unspecified atom stereocenters. The average molecular weight is 395 g/mol. The molecule has 0 bridgehead atoms. The minimum atomic E-state index is -3.60. The molecule has 1 fully saturated rings. The molecule has 0 saturated carbocycles. The topological polar surface area (TPSA) is 84.5 Å². The molecule has 2 heterocycles. The summed E-state index contributed by atoms with van der Waals surface area (Å²) in [5.74, 6) is 0. The van der Waals surface area contributed by atoms with Crippen molar-refractivity contribution in [3.05, 3.63) is 52.7 Å². The summed E-state index contributed by atoms with van der Waals surface area (Å²) in [5, 5.41) is 6.64. The summed E-state index contributed by atoms with van der Waals surface area (Å²) in [6.07, 6.45) is 1.54. The summed E-state index contributed by atoms with van der Waals surface area (Å²) < 4.78 is 31.4. The van der Waals surface area contributed by atoms with E-state index in [9.17, 15) is 13.2 Å². The molecule has 2 amide bonds. The van der Waals surface area contributed by atoms with Crippen LogP contribution in [0.5, 0.6) is 0 Å². The van der Waals surface area contributed by atoms with Gasteiger partial charge in [-0.05, 0) is 36.4 Å². The number of sulfone groups is 1. The van der Waals surface area contributed by atoms with Gasteiger partial charge in [-0.1, -0.05) is 24.3 Å². The van der Waals surface area contributed by atoms with E-state index in [2.05, 4.69) is 10.6 Å². The van der Waals surface area contributed by atoms with Crippen molar-refractivity contribution >= 4 is 27.2 Å². The molecule has 0 aliphatic carbocycles. The van der Waals surface area contributed by atoms with Crippen molar-refractivity contribution in [1.82, 2.24) is 10.6 Å². The van der Waals surface area contributed by atoms with Crippen molar-refractivity contribution in [2.75, 3.05) is 19.8 Å². The normalized spacial score (nSPS) is 16.8. The third kappa shape index (κ3) is 4.63. The van der Waals surface area contributed by atoms with Gasteiger partial charge in [-0.15, -0.1) is 11.3 Å². The maximum Gasteiger partial charge on any atom is 0.315 e. The molecule has 140 valence electrons. The highest BCUT2D eigenvalue weighted by Crippen LogP contribution is 2.31. The summed E-state index contributed by atoms with van der Waals surface area (Å²) in [7, 11) is -3.60. The summed E-state index contributed by atoms with van der Waals surface area (Å²) in [6, 6.07) is 11.7. The molecule has 3 rings (SSSR count). The fourth-order valence-corrected chi connectivity index (χ4v) is 5.68. The van der Waals surface area contributed by atoms with Gasteiger partial charge < -0.3 is 15.4 Å². The van der Waals surface area contributed by atoms with Crippen molar-refractivity contribution in [2.24, 2.45) is 0 Å². The summed E-state index contributed by atoms with van der Waals surface area (Å²) in [6.45, 7) is 1.28. The number of benzene rings is 1. The molecule has 2 N–H and O–H groups in total. The molecule has 1 aliphatic rings. The van der Waals surface area contributed by atoms with E-state index in [0.29, 0.717) is 18.1 Å². The molecular weight excluding hydrogens is 372 g/mol. The molecule has 0 radical (unpaired) electrons. The Labute approximate surface area is 157 Å². The molecule has 2 aromatic rings. The SMILES string of the molecule is O=C(NCC(c1cccs1)S(=O)(=O)c1ccccc1)NC1CCOCC1. The average Bonchev–Trinajstić information content (AvgIpc) is 3.17. The van der Waals surface area contributed by atoms with Crippen molar-refractivity contribution in [2.45, 2.75) is 29.0 Å². The zero-order valence-corrected chi connectivity index (χ0v) is 15.9. The van der Waals surface area contributed by atoms with Crippen molar-refractivity contribution in [3.63, 3.8) is 0 Å². The lowest BCUT2D eigenvalue weighted by Gasteiger charge is -2.24. The van der Waals surface area contributed by atoms with Crippen LogP contribution in [-0.2, 0) is 14.6 Å². The molecule has 1 aromatic heterocycles. The van der Waals surface area contributed by atoms with Crippen LogP contribution in [0.2, 0.25) is 0 Å². The van der Waals surface area contributed by atoms with Gasteiger partial charge in [-0.3, -0.25) is 0 Å². The molecule has 6 nitrogen and oxygen atoms in total. The van der Waals surface area contributed by atoms with E-state index in [4.69, 9.17) is 4.74 Å². The predicted molar refractivity (Wildman–Crippen MR) is 101 cm³/mol. The number of ether oxygens (including phenoxy) is 1. The van der Waals surface area contributed by atoms with E-state index >= 15 is 0 Å². The van der Waals surface area contributed by atoms with Crippen LogP contribution < -0.4 is 10.6 Å². The van der Waals surface area contributed by atoms with Gasteiger partial charge >= 0.3 is 6.03 Å². The van der Waals surface area contributed by atoms with Gasteiger partial charge in [0.15, 0.2) is 9.84 Å². The summed E-state index contributed by atoms with van der Waals surface area (Å²) >= 11 is 1.37.